The van der Waals surface area contributed by atoms with Gasteiger partial charge < -0.3 is 4.74 Å². The second-order valence-corrected chi connectivity index (χ2v) is 5.68. The molecule has 0 aromatic rings. The lowest BCUT2D eigenvalue weighted by Crippen LogP contribution is -2.45. The lowest BCUT2D eigenvalue weighted by atomic mass is 9.80. The molecule has 0 aromatic carbocycles. The van der Waals surface area contributed by atoms with Crippen LogP contribution >= 0.6 is 0 Å². The van der Waals surface area contributed by atoms with Gasteiger partial charge in [0.25, 0.3) is 0 Å². The molecule has 0 aliphatic carbocycles. The van der Waals surface area contributed by atoms with E-state index in [0.717, 1.165) is 5.92 Å². The van der Waals surface area contributed by atoms with Crippen molar-refractivity contribution >= 4 is 0 Å². The van der Waals surface area contributed by atoms with Crippen LogP contribution in [-0.2, 0) is 4.74 Å². The van der Waals surface area contributed by atoms with Crippen LogP contribution in [-0.4, -0.2) is 18.2 Å². The second kappa shape index (κ2) is 5.48. The van der Waals surface area contributed by atoms with Gasteiger partial charge in [0.15, 0.2) is 0 Å². The average Bonchev–Trinajstić information content (AvgIpc) is 2.87. The first kappa shape index (κ1) is 12.3. The normalized spacial score (nSPS) is 36.6. The third kappa shape index (κ3) is 2.58. The molecule has 2 saturated heterocycles. The Bertz CT molecular complexity index is 222. The highest BCUT2D eigenvalue weighted by atomic mass is 16.5. The fraction of sp³-hybridized carbons (Fsp3) is 1.00. The van der Waals surface area contributed by atoms with Crippen LogP contribution in [0.4, 0.5) is 0 Å². The zero-order valence-electron chi connectivity index (χ0n) is 10.6. The van der Waals surface area contributed by atoms with E-state index in [0.29, 0.717) is 24.2 Å². The summed E-state index contributed by atoms with van der Waals surface area (Å²) in [7, 11) is 0. The summed E-state index contributed by atoms with van der Waals surface area (Å²) in [4.78, 5) is 0. The Morgan fingerprint density at radius 1 is 1.44 bits per heavy atom. The van der Waals surface area contributed by atoms with Crippen molar-refractivity contribution in [3.63, 3.8) is 0 Å². The van der Waals surface area contributed by atoms with Gasteiger partial charge in [-0.2, -0.15) is 0 Å². The quantitative estimate of drug-likeness (QED) is 0.539. The van der Waals surface area contributed by atoms with E-state index in [9.17, 15) is 0 Å². The number of fused-ring (bicyclic) bond motifs is 2. The van der Waals surface area contributed by atoms with Gasteiger partial charge in [-0.15, -0.1) is 0 Å². The zero-order chi connectivity index (χ0) is 11.5. The molecule has 3 N–H and O–H groups in total. The molecule has 0 amide bonds. The molecule has 3 nitrogen and oxygen atoms in total. The maximum Gasteiger partial charge on any atom is 0.0624 e. The Hall–Kier alpha value is -0.120. The number of rotatable bonds is 6. The standard InChI is InChI=1S/C13H26N2O/c1-3-4-9(2)7-12(15-14)11-8-10-5-6-13(11)16-10/h9-13,15H,3-8,14H2,1-2H3. The van der Waals surface area contributed by atoms with Crippen molar-refractivity contribution in [2.24, 2.45) is 17.7 Å². The van der Waals surface area contributed by atoms with Crippen molar-refractivity contribution in [3.05, 3.63) is 0 Å². The van der Waals surface area contributed by atoms with E-state index >= 15 is 0 Å². The van der Waals surface area contributed by atoms with Crippen LogP contribution in [0.3, 0.4) is 0 Å². The van der Waals surface area contributed by atoms with E-state index in [2.05, 4.69) is 19.3 Å². The lowest BCUT2D eigenvalue weighted by Gasteiger charge is -2.29. The van der Waals surface area contributed by atoms with Gasteiger partial charge >= 0.3 is 0 Å². The van der Waals surface area contributed by atoms with Crippen LogP contribution in [0.5, 0.6) is 0 Å². The van der Waals surface area contributed by atoms with E-state index in [1.54, 1.807) is 0 Å². The van der Waals surface area contributed by atoms with Gasteiger partial charge in [0.05, 0.1) is 12.2 Å². The first-order valence-electron chi connectivity index (χ1n) is 6.86. The molecule has 3 heteroatoms. The summed E-state index contributed by atoms with van der Waals surface area (Å²) >= 11 is 0. The predicted octanol–water partition coefficient (Wildman–Crippen LogP) is 2.21. The van der Waals surface area contributed by atoms with Crippen LogP contribution in [0.1, 0.15) is 52.4 Å². The van der Waals surface area contributed by atoms with Crippen molar-refractivity contribution in [1.29, 1.82) is 0 Å². The summed E-state index contributed by atoms with van der Waals surface area (Å²) in [5.74, 6) is 7.15. The van der Waals surface area contributed by atoms with E-state index < -0.39 is 0 Å². The minimum absolute atomic E-state index is 0.455. The molecule has 2 fully saturated rings. The fourth-order valence-corrected chi connectivity index (χ4v) is 3.51. The molecule has 2 aliphatic heterocycles. The molecule has 0 radical (unpaired) electrons. The van der Waals surface area contributed by atoms with E-state index in [1.807, 2.05) is 0 Å². The Kier molecular flexibility index (Phi) is 4.22. The summed E-state index contributed by atoms with van der Waals surface area (Å²) in [5.41, 5.74) is 3.04. The van der Waals surface area contributed by atoms with E-state index in [-0.39, 0.29) is 0 Å². The van der Waals surface area contributed by atoms with Crippen LogP contribution in [0.2, 0.25) is 0 Å². The number of nitrogens with two attached hydrogens (primary N) is 1. The lowest BCUT2D eigenvalue weighted by molar-refractivity contribution is 0.0834. The summed E-state index contributed by atoms with van der Waals surface area (Å²) in [6.07, 6.45) is 8.52. The monoisotopic (exact) mass is 226 g/mol. The van der Waals surface area contributed by atoms with Gasteiger partial charge in [-0.25, -0.2) is 0 Å². The summed E-state index contributed by atoms with van der Waals surface area (Å²) in [6.45, 7) is 4.59. The van der Waals surface area contributed by atoms with Crippen molar-refractivity contribution in [1.82, 2.24) is 5.43 Å². The molecular formula is C13H26N2O. The highest BCUT2D eigenvalue weighted by molar-refractivity contribution is 4.95. The average molecular weight is 226 g/mol. The number of hydrazine groups is 1. The molecule has 2 bridgehead atoms. The zero-order valence-corrected chi connectivity index (χ0v) is 10.6. The number of nitrogens with one attached hydrogen (secondary N) is 1. The number of ether oxygens (including phenoxy) is 1. The van der Waals surface area contributed by atoms with Crippen LogP contribution in [0.25, 0.3) is 0 Å². The molecule has 5 unspecified atom stereocenters. The molecule has 2 rings (SSSR count). The third-order valence-electron chi connectivity index (χ3n) is 4.32. The third-order valence-corrected chi connectivity index (χ3v) is 4.32. The highest BCUT2D eigenvalue weighted by Crippen LogP contribution is 2.41. The van der Waals surface area contributed by atoms with Crippen molar-refractivity contribution in [3.8, 4) is 0 Å². The molecule has 0 spiro atoms. The maximum absolute atomic E-state index is 5.91. The van der Waals surface area contributed by atoms with Crippen molar-refractivity contribution in [2.75, 3.05) is 0 Å². The van der Waals surface area contributed by atoms with Gasteiger partial charge in [-0.05, 0) is 31.6 Å². The van der Waals surface area contributed by atoms with Gasteiger partial charge in [0.2, 0.25) is 0 Å². The Morgan fingerprint density at radius 3 is 2.75 bits per heavy atom. The number of hydrogen-bond acceptors (Lipinski definition) is 3. The molecule has 94 valence electrons. The first-order chi connectivity index (χ1) is 7.74. The molecule has 2 aliphatic rings. The van der Waals surface area contributed by atoms with Gasteiger partial charge in [0.1, 0.15) is 0 Å². The van der Waals surface area contributed by atoms with Crippen LogP contribution in [0.15, 0.2) is 0 Å². The predicted molar refractivity (Wildman–Crippen MR) is 65.8 cm³/mol. The molecular weight excluding hydrogens is 200 g/mol. The molecule has 2 heterocycles. The summed E-state index contributed by atoms with van der Waals surface area (Å²) in [5, 5.41) is 0. The SMILES string of the molecule is CCCC(C)CC(NN)C1CC2CCC1O2. The van der Waals surface area contributed by atoms with Crippen molar-refractivity contribution < 1.29 is 4.74 Å². The molecule has 0 saturated carbocycles. The van der Waals surface area contributed by atoms with Gasteiger partial charge in [-0.1, -0.05) is 26.7 Å². The highest BCUT2D eigenvalue weighted by Gasteiger charge is 2.44. The Labute approximate surface area is 99.1 Å². The van der Waals surface area contributed by atoms with E-state index in [4.69, 9.17) is 10.6 Å². The molecule has 16 heavy (non-hydrogen) atoms. The van der Waals surface area contributed by atoms with Gasteiger partial charge in [-0.3, -0.25) is 11.3 Å². The second-order valence-electron chi connectivity index (χ2n) is 5.68. The summed E-state index contributed by atoms with van der Waals surface area (Å²) < 4.78 is 5.91. The topological polar surface area (TPSA) is 47.3 Å². The van der Waals surface area contributed by atoms with E-state index in [1.165, 1.54) is 38.5 Å². The minimum atomic E-state index is 0.455. The Balaban J connectivity index is 1.85. The van der Waals surface area contributed by atoms with Crippen LogP contribution in [0, 0.1) is 11.8 Å². The first-order valence-corrected chi connectivity index (χ1v) is 6.86. The summed E-state index contributed by atoms with van der Waals surface area (Å²) in [6, 6.07) is 0.455. The fourth-order valence-electron chi connectivity index (χ4n) is 3.51. The van der Waals surface area contributed by atoms with Gasteiger partial charge in [0, 0.05) is 12.0 Å². The minimum Gasteiger partial charge on any atom is -0.375 e. The molecule has 0 aromatic heterocycles. The van der Waals surface area contributed by atoms with Crippen LogP contribution < -0.4 is 11.3 Å². The smallest absolute Gasteiger partial charge is 0.0624 e. The Morgan fingerprint density at radius 2 is 2.25 bits per heavy atom. The molecule has 5 atom stereocenters. The number of hydrogen-bond donors (Lipinski definition) is 2. The maximum atomic E-state index is 5.91. The largest absolute Gasteiger partial charge is 0.375 e. The van der Waals surface area contributed by atoms with Crippen molar-refractivity contribution in [2.45, 2.75) is 70.6 Å².